The highest BCUT2D eigenvalue weighted by Crippen LogP contribution is 2.31. The molecule has 0 bridgehead atoms. The summed E-state index contributed by atoms with van der Waals surface area (Å²) in [5, 5.41) is 2.19. The number of esters is 1. The lowest BCUT2D eigenvalue weighted by molar-refractivity contribution is 0.0600. The van der Waals surface area contributed by atoms with Crippen LogP contribution in [0.25, 0.3) is 10.2 Å². The lowest BCUT2D eigenvalue weighted by Gasteiger charge is -2.07. The van der Waals surface area contributed by atoms with Crippen molar-refractivity contribution >= 4 is 39.3 Å². The van der Waals surface area contributed by atoms with E-state index in [9.17, 15) is 4.79 Å². The van der Waals surface area contributed by atoms with E-state index in [-0.39, 0.29) is 5.97 Å². The summed E-state index contributed by atoms with van der Waals surface area (Å²) in [6.07, 6.45) is 3.56. The number of carbonyl (C=O) groups is 1. The lowest BCUT2D eigenvalue weighted by Crippen LogP contribution is -2.02. The third-order valence-corrected chi connectivity index (χ3v) is 6.04. The normalized spacial score (nSPS) is 10.8. The highest BCUT2D eigenvalue weighted by atomic mass is 32.2. The smallest absolute Gasteiger partial charge is 0.337 e. The molecule has 3 rings (SSSR count). The molecule has 0 aliphatic carbocycles. The van der Waals surface area contributed by atoms with Crippen molar-refractivity contribution in [2.45, 2.75) is 24.8 Å². The van der Waals surface area contributed by atoms with Gasteiger partial charge in [-0.2, -0.15) is 0 Å². The molecular weight excluding hydrogens is 368 g/mol. The Labute approximate surface area is 160 Å². The Balaban J connectivity index is 1.47. The van der Waals surface area contributed by atoms with E-state index in [0.29, 0.717) is 12.2 Å². The molecule has 136 valence electrons. The second-order valence-corrected chi connectivity index (χ2v) is 7.73. The Morgan fingerprint density at radius 2 is 2.04 bits per heavy atom. The van der Waals surface area contributed by atoms with Crippen LogP contribution in [0.2, 0.25) is 0 Å². The van der Waals surface area contributed by atoms with E-state index in [2.05, 4.69) is 27.7 Å². The third-order valence-electron chi connectivity index (χ3n) is 3.76. The molecular formula is C19H20N2O3S2. The number of aromatic nitrogens is 2. The number of nitrogens with zero attached hydrogens (tertiary/aromatic N) is 2. The topological polar surface area (TPSA) is 61.3 Å². The zero-order valence-electron chi connectivity index (χ0n) is 14.7. The van der Waals surface area contributed by atoms with Gasteiger partial charge in [-0.15, -0.1) is 23.1 Å². The second kappa shape index (κ2) is 9.00. The molecule has 0 aliphatic rings. The van der Waals surface area contributed by atoms with Gasteiger partial charge in [0, 0.05) is 16.0 Å². The fourth-order valence-corrected chi connectivity index (χ4v) is 4.28. The van der Waals surface area contributed by atoms with Crippen LogP contribution in [0.4, 0.5) is 0 Å². The third kappa shape index (κ3) is 4.53. The maximum absolute atomic E-state index is 11.4. The van der Waals surface area contributed by atoms with Crippen molar-refractivity contribution in [2.24, 2.45) is 0 Å². The first-order chi connectivity index (χ1) is 12.7. The van der Waals surface area contributed by atoms with E-state index in [1.807, 2.05) is 0 Å². The molecule has 7 heteroatoms. The maximum atomic E-state index is 11.4. The van der Waals surface area contributed by atoms with Gasteiger partial charge in [0.05, 0.1) is 19.3 Å². The molecule has 5 nitrogen and oxygen atoms in total. The van der Waals surface area contributed by atoms with E-state index >= 15 is 0 Å². The second-order valence-electron chi connectivity index (χ2n) is 5.53. The van der Waals surface area contributed by atoms with Crippen molar-refractivity contribution in [1.29, 1.82) is 0 Å². The zero-order chi connectivity index (χ0) is 18.4. The van der Waals surface area contributed by atoms with E-state index in [1.165, 1.54) is 12.0 Å². The van der Waals surface area contributed by atoms with Gasteiger partial charge in [-0.05, 0) is 43.2 Å². The zero-order valence-corrected chi connectivity index (χ0v) is 16.4. The number of carbonyl (C=O) groups excluding carboxylic acids is 1. The predicted octanol–water partition coefficient (Wildman–Crippen LogP) is 4.60. The van der Waals surface area contributed by atoms with Crippen LogP contribution < -0.4 is 4.74 Å². The first-order valence-corrected chi connectivity index (χ1v) is 10.2. The molecule has 0 saturated heterocycles. The van der Waals surface area contributed by atoms with Gasteiger partial charge in [0.1, 0.15) is 21.9 Å². The SMILES string of the molecule is CCc1cc2c(SCCCOc3ccc(C(=O)OC)cc3)ncnc2s1. The number of thioether (sulfide) groups is 1. The van der Waals surface area contributed by atoms with Gasteiger partial charge in [0.25, 0.3) is 0 Å². The molecule has 0 amide bonds. The molecule has 0 spiro atoms. The Bertz CT molecular complexity index is 878. The minimum atomic E-state index is -0.344. The average Bonchev–Trinajstić information content (AvgIpc) is 3.12. The van der Waals surface area contributed by atoms with Gasteiger partial charge in [-0.3, -0.25) is 0 Å². The quantitative estimate of drug-likeness (QED) is 0.243. The summed E-state index contributed by atoms with van der Waals surface area (Å²) in [7, 11) is 1.37. The van der Waals surface area contributed by atoms with Crippen LogP contribution in [0.1, 0.15) is 28.6 Å². The van der Waals surface area contributed by atoms with E-state index in [4.69, 9.17) is 4.74 Å². The average molecular weight is 389 g/mol. The summed E-state index contributed by atoms with van der Waals surface area (Å²) in [4.78, 5) is 22.6. The summed E-state index contributed by atoms with van der Waals surface area (Å²) in [5.41, 5.74) is 0.519. The van der Waals surface area contributed by atoms with Gasteiger partial charge >= 0.3 is 5.97 Å². The first-order valence-electron chi connectivity index (χ1n) is 8.38. The van der Waals surface area contributed by atoms with Gasteiger partial charge < -0.3 is 9.47 Å². The van der Waals surface area contributed by atoms with Crippen molar-refractivity contribution in [3.8, 4) is 5.75 Å². The van der Waals surface area contributed by atoms with Crippen LogP contribution in [0.3, 0.4) is 0 Å². The Morgan fingerprint density at radius 3 is 2.77 bits per heavy atom. The molecule has 0 N–H and O–H groups in total. The molecule has 3 aromatic rings. The standard InChI is InChI=1S/C19H20N2O3S2/c1-3-15-11-16-17(20-12-21-18(16)26-15)25-10-4-9-24-14-7-5-13(6-8-14)19(22)23-2/h5-8,11-12H,3-4,9-10H2,1-2H3. The number of rotatable bonds is 8. The molecule has 0 fully saturated rings. The van der Waals surface area contributed by atoms with Crippen molar-refractivity contribution in [3.63, 3.8) is 0 Å². The highest BCUT2D eigenvalue weighted by molar-refractivity contribution is 7.99. The molecule has 26 heavy (non-hydrogen) atoms. The number of aryl methyl sites for hydroxylation is 1. The van der Waals surface area contributed by atoms with Crippen molar-refractivity contribution in [1.82, 2.24) is 9.97 Å². The largest absolute Gasteiger partial charge is 0.494 e. The van der Waals surface area contributed by atoms with Crippen LogP contribution in [-0.2, 0) is 11.2 Å². The number of hydrogen-bond acceptors (Lipinski definition) is 7. The van der Waals surface area contributed by atoms with E-state index < -0.39 is 0 Å². The maximum Gasteiger partial charge on any atom is 0.337 e. The van der Waals surface area contributed by atoms with Gasteiger partial charge in [0.2, 0.25) is 0 Å². The fourth-order valence-electron chi connectivity index (χ4n) is 2.40. The van der Waals surface area contributed by atoms with E-state index in [1.54, 1.807) is 53.7 Å². The minimum absolute atomic E-state index is 0.344. The Morgan fingerprint density at radius 1 is 1.23 bits per heavy atom. The van der Waals surface area contributed by atoms with Crippen molar-refractivity contribution in [3.05, 3.63) is 47.1 Å². The number of thiophene rings is 1. The molecule has 0 aliphatic heterocycles. The Kier molecular flexibility index (Phi) is 6.46. The fraction of sp³-hybridized carbons (Fsp3) is 0.316. The number of fused-ring (bicyclic) bond motifs is 1. The summed E-state index contributed by atoms with van der Waals surface area (Å²) in [6, 6.07) is 9.17. The molecule has 0 saturated carbocycles. The summed E-state index contributed by atoms with van der Waals surface area (Å²) in [5.74, 6) is 1.32. The summed E-state index contributed by atoms with van der Waals surface area (Å²) < 4.78 is 10.4. The first kappa shape index (κ1) is 18.7. The highest BCUT2D eigenvalue weighted by Gasteiger charge is 2.08. The molecule has 0 unspecified atom stereocenters. The minimum Gasteiger partial charge on any atom is -0.494 e. The van der Waals surface area contributed by atoms with Gasteiger partial charge in [-0.25, -0.2) is 14.8 Å². The number of ether oxygens (including phenoxy) is 2. The lowest BCUT2D eigenvalue weighted by atomic mass is 10.2. The Hall–Kier alpha value is -2.12. The van der Waals surface area contributed by atoms with E-state index in [0.717, 1.165) is 39.6 Å². The van der Waals surface area contributed by atoms with Crippen molar-refractivity contribution in [2.75, 3.05) is 19.5 Å². The number of benzene rings is 1. The van der Waals surface area contributed by atoms with Crippen LogP contribution in [-0.4, -0.2) is 35.4 Å². The monoisotopic (exact) mass is 388 g/mol. The molecule has 2 heterocycles. The van der Waals surface area contributed by atoms with Crippen molar-refractivity contribution < 1.29 is 14.3 Å². The number of methoxy groups -OCH3 is 1. The van der Waals surface area contributed by atoms with Gasteiger partial charge in [-0.1, -0.05) is 6.92 Å². The molecule has 0 atom stereocenters. The van der Waals surface area contributed by atoms with Crippen LogP contribution >= 0.6 is 23.1 Å². The predicted molar refractivity (Wildman–Crippen MR) is 105 cm³/mol. The molecule has 0 radical (unpaired) electrons. The van der Waals surface area contributed by atoms with Crippen LogP contribution in [0, 0.1) is 0 Å². The van der Waals surface area contributed by atoms with Crippen LogP contribution in [0.5, 0.6) is 5.75 Å². The van der Waals surface area contributed by atoms with Crippen LogP contribution in [0.15, 0.2) is 41.7 Å². The number of hydrogen-bond donors (Lipinski definition) is 0. The molecule has 2 aromatic heterocycles. The summed E-state index contributed by atoms with van der Waals surface area (Å²) in [6.45, 7) is 2.77. The van der Waals surface area contributed by atoms with Gasteiger partial charge in [0.15, 0.2) is 0 Å². The molecule has 1 aromatic carbocycles. The summed E-state index contributed by atoms with van der Waals surface area (Å²) >= 11 is 3.47.